The van der Waals surface area contributed by atoms with Crippen molar-refractivity contribution in [2.75, 3.05) is 24.3 Å². The first-order valence-electron chi connectivity index (χ1n) is 8.31. The zero-order valence-electron chi connectivity index (χ0n) is 14.6. The lowest BCUT2D eigenvalue weighted by molar-refractivity contribution is -0.144. The number of carbonyl (C=O) groups excluding carboxylic acids is 2. The van der Waals surface area contributed by atoms with E-state index in [4.69, 9.17) is 9.47 Å². The Balaban J connectivity index is 1.47. The first-order chi connectivity index (χ1) is 13.1. The van der Waals surface area contributed by atoms with Crippen molar-refractivity contribution in [2.45, 2.75) is 11.8 Å². The number of ether oxygens (including phenoxy) is 2. The average molecular weight is 402 g/mol. The monoisotopic (exact) mass is 402 g/mol. The molecule has 0 radical (unpaired) electrons. The van der Waals surface area contributed by atoms with E-state index in [-0.39, 0.29) is 12.4 Å². The van der Waals surface area contributed by atoms with Crippen LogP contribution in [0.4, 0.5) is 5.13 Å². The molecule has 0 saturated carbocycles. The Morgan fingerprint density at radius 3 is 2.78 bits per heavy atom. The molecule has 8 heteroatoms. The van der Waals surface area contributed by atoms with Gasteiger partial charge < -0.3 is 9.47 Å². The fraction of sp³-hybridized carbons (Fsp3) is 0.211. The predicted octanol–water partition coefficient (Wildman–Crippen LogP) is 3.97. The molecule has 0 aliphatic carbocycles. The van der Waals surface area contributed by atoms with Gasteiger partial charge in [-0.05, 0) is 37.3 Å². The summed E-state index contributed by atoms with van der Waals surface area (Å²) in [5, 5.41) is 3.11. The lowest BCUT2D eigenvalue weighted by Gasteiger charge is -2.04. The molecular weight excluding hydrogens is 384 g/mol. The van der Waals surface area contributed by atoms with Gasteiger partial charge in [-0.25, -0.2) is 4.98 Å². The maximum Gasteiger partial charge on any atom is 0.316 e. The number of hydrogen-bond acceptors (Lipinski definition) is 7. The first-order valence-corrected chi connectivity index (χ1v) is 10.1. The van der Waals surface area contributed by atoms with Crippen LogP contribution in [0.25, 0.3) is 10.2 Å². The molecule has 3 aromatic rings. The van der Waals surface area contributed by atoms with E-state index >= 15 is 0 Å². The van der Waals surface area contributed by atoms with Gasteiger partial charge >= 0.3 is 5.97 Å². The molecule has 1 aromatic heterocycles. The minimum atomic E-state index is -0.440. The molecule has 0 fully saturated rings. The lowest BCUT2D eigenvalue weighted by Crippen LogP contribution is -2.21. The molecular formula is C19H18N2O4S2. The molecule has 2 aromatic carbocycles. The topological polar surface area (TPSA) is 77.5 Å². The van der Waals surface area contributed by atoms with Crippen LogP contribution in [-0.4, -0.2) is 35.8 Å². The molecule has 1 heterocycles. The number of aromatic nitrogens is 1. The normalized spacial score (nSPS) is 10.6. The van der Waals surface area contributed by atoms with Gasteiger partial charge in [-0.1, -0.05) is 29.5 Å². The third-order valence-corrected chi connectivity index (χ3v) is 5.30. The van der Waals surface area contributed by atoms with Crippen LogP contribution in [0.1, 0.15) is 6.92 Å². The van der Waals surface area contributed by atoms with Crippen LogP contribution in [0.3, 0.4) is 0 Å². The quantitative estimate of drug-likeness (QED) is 0.454. The highest BCUT2D eigenvalue weighted by Crippen LogP contribution is 2.29. The molecule has 0 aliphatic heterocycles. The van der Waals surface area contributed by atoms with E-state index in [1.54, 1.807) is 0 Å². The van der Waals surface area contributed by atoms with Crippen molar-refractivity contribution in [3.8, 4) is 5.75 Å². The van der Waals surface area contributed by atoms with Gasteiger partial charge in [-0.15, -0.1) is 11.8 Å². The highest BCUT2D eigenvalue weighted by Gasteiger charge is 2.11. The van der Waals surface area contributed by atoms with Gasteiger partial charge in [-0.2, -0.15) is 0 Å². The number of rotatable bonds is 8. The Morgan fingerprint density at radius 2 is 2.00 bits per heavy atom. The van der Waals surface area contributed by atoms with Crippen LogP contribution < -0.4 is 10.1 Å². The summed E-state index contributed by atoms with van der Waals surface area (Å²) in [4.78, 5) is 29.1. The Morgan fingerprint density at radius 1 is 1.19 bits per heavy atom. The number of fused-ring (bicyclic) bond motifs is 1. The molecule has 6 nitrogen and oxygen atoms in total. The van der Waals surface area contributed by atoms with Gasteiger partial charge in [0.25, 0.3) is 5.91 Å². The van der Waals surface area contributed by atoms with E-state index in [0.29, 0.717) is 11.7 Å². The number of esters is 1. The smallest absolute Gasteiger partial charge is 0.316 e. The molecule has 0 saturated heterocycles. The second kappa shape index (κ2) is 9.38. The third kappa shape index (κ3) is 5.70. The van der Waals surface area contributed by atoms with Gasteiger partial charge in [0.05, 0.1) is 22.6 Å². The largest absolute Gasteiger partial charge is 0.494 e. The zero-order valence-corrected chi connectivity index (χ0v) is 16.3. The number of thiazole rings is 1. The number of carbonyl (C=O) groups is 2. The molecule has 3 rings (SSSR count). The molecule has 0 bridgehead atoms. The fourth-order valence-corrected chi connectivity index (χ4v) is 3.84. The van der Waals surface area contributed by atoms with E-state index < -0.39 is 11.9 Å². The van der Waals surface area contributed by atoms with Crippen LogP contribution in [0.5, 0.6) is 5.75 Å². The van der Waals surface area contributed by atoms with Crippen LogP contribution >= 0.6 is 23.1 Å². The maximum absolute atomic E-state index is 12.0. The van der Waals surface area contributed by atoms with Crippen LogP contribution in [-0.2, 0) is 14.3 Å². The number of thioether (sulfide) groups is 1. The molecule has 140 valence electrons. The molecule has 0 spiro atoms. The van der Waals surface area contributed by atoms with Crippen molar-refractivity contribution in [2.24, 2.45) is 0 Å². The second-order valence-electron chi connectivity index (χ2n) is 5.39. The Bertz CT molecular complexity index is 928. The minimum Gasteiger partial charge on any atom is -0.494 e. The summed E-state index contributed by atoms with van der Waals surface area (Å²) < 4.78 is 11.4. The van der Waals surface area contributed by atoms with Gasteiger partial charge in [-0.3, -0.25) is 14.9 Å². The second-order valence-corrected chi connectivity index (χ2v) is 7.47. The number of anilines is 1. The number of amides is 1. The van der Waals surface area contributed by atoms with Gasteiger partial charge in [0, 0.05) is 4.90 Å². The summed E-state index contributed by atoms with van der Waals surface area (Å²) in [6.45, 7) is 2.16. The average Bonchev–Trinajstić information content (AvgIpc) is 3.07. The molecule has 27 heavy (non-hydrogen) atoms. The predicted molar refractivity (Wildman–Crippen MR) is 108 cm³/mol. The number of hydrogen-bond donors (Lipinski definition) is 1. The summed E-state index contributed by atoms with van der Waals surface area (Å²) >= 11 is 2.70. The van der Waals surface area contributed by atoms with Crippen LogP contribution in [0.15, 0.2) is 53.4 Å². The molecule has 0 unspecified atom stereocenters. The van der Waals surface area contributed by atoms with Crippen molar-refractivity contribution in [1.29, 1.82) is 0 Å². The van der Waals surface area contributed by atoms with Gasteiger partial charge in [0.1, 0.15) is 5.75 Å². The summed E-state index contributed by atoms with van der Waals surface area (Å²) in [7, 11) is 0. The fourth-order valence-electron chi connectivity index (χ4n) is 2.22. The highest BCUT2D eigenvalue weighted by atomic mass is 32.2. The first kappa shape index (κ1) is 19.2. The molecule has 0 aliphatic rings. The van der Waals surface area contributed by atoms with Crippen molar-refractivity contribution in [3.05, 3.63) is 48.5 Å². The highest BCUT2D eigenvalue weighted by molar-refractivity contribution is 8.00. The molecule has 1 N–H and O–H groups in total. The van der Waals surface area contributed by atoms with Gasteiger partial charge in [0.2, 0.25) is 0 Å². The standard InChI is InChI=1S/C19H18N2O4S2/c1-2-24-13-8-9-15-16(10-13)27-19(20-15)21-17(22)11-25-18(23)12-26-14-6-4-3-5-7-14/h3-10H,2,11-12H2,1H3,(H,20,21,22). The third-order valence-electron chi connectivity index (χ3n) is 3.38. The van der Waals surface area contributed by atoms with E-state index in [0.717, 1.165) is 20.9 Å². The van der Waals surface area contributed by atoms with E-state index in [1.807, 2.05) is 55.5 Å². The summed E-state index contributed by atoms with van der Waals surface area (Å²) in [6.07, 6.45) is 0. The number of nitrogens with zero attached hydrogens (tertiary/aromatic N) is 1. The lowest BCUT2D eigenvalue weighted by atomic mass is 10.3. The summed E-state index contributed by atoms with van der Waals surface area (Å²) in [5.74, 6) is 0.0525. The van der Waals surface area contributed by atoms with Gasteiger partial charge in [0.15, 0.2) is 11.7 Å². The van der Waals surface area contributed by atoms with E-state index in [2.05, 4.69) is 10.3 Å². The number of benzene rings is 2. The summed E-state index contributed by atoms with van der Waals surface area (Å²) in [6, 6.07) is 15.1. The minimum absolute atomic E-state index is 0.151. The van der Waals surface area contributed by atoms with Crippen molar-refractivity contribution >= 4 is 50.3 Å². The maximum atomic E-state index is 12.0. The Labute approximate surface area is 164 Å². The number of nitrogens with one attached hydrogen (secondary N) is 1. The molecule has 1 amide bonds. The van der Waals surface area contributed by atoms with Crippen molar-refractivity contribution in [3.63, 3.8) is 0 Å². The Hall–Kier alpha value is -2.58. The van der Waals surface area contributed by atoms with E-state index in [9.17, 15) is 9.59 Å². The van der Waals surface area contributed by atoms with Crippen LogP contribution in [0.2, 0.25) is 0 Å². The van der Waals surface area contributed by atoms with E-state index in [1.165, 1.54) is 23.1 Å². The zero-order chi connectivity index (χ0) is 19.1. The Kier molecular flexibility index (Phi) is 6.67. The molecule has 0 atom stereocenters. The van der Waals surface area contributed by atoms with Crippen molar-refractivity contribution < 1.29 is 19.1 Å². The van der Waals surface area contributed by atoms with Crippen LogP contribution in [0, 0.1) is 0 Å². The SMILES string of the molecule is CCOc1ccc2nc(NC(=O)COC(=O)CSc3ccccc3)sc2c1. The summed E-state index contributed by atoms with van der Waals surface area (Å²) in [5.41, 5.74) is 0.773. The van der Waals surface area contributed by atoms with Crippen molar-refractivity contribution in [1.82, 2.24) is 4.98 Å².